The molecule has 0 unspecified atom stereocenters. The number of Topliss-reactive ketones (excluding diaryl/α,β-unsaturated/α-hetero) is 1. The van der Waals surface area contributed by atoms with Crippen LogP contribution in [0.3, 0.4) is 0 Å². The summed E-state index contributed by atoms with van der Waals surface area (Å²) in [5.41, 5.74) is 3.50. The first-order valence-corrected chi connectivity index (χ1v) is 9.57. The van der Waals surface area contributed by atoms with Crippen LogP contribution >= 0.6 is 0 Å². The predicted molar refractivity (Wildman–Crippen MR) is 106 cm³/mol. The molecule has 0 amide bonds. The van der Waals surface area contributed by atoms with Gasteiger partial charge >= 0.3 is 5.97 Å². The molecule has 1 aromatic carbocycles. The molecule has 0 spiro atoms. The minimum Gasteiger partial charge on any atom is -0.493 e. The van der Waals surface area contributed by atoms with Gasteiger partial charge < -0.3 is 19.2 Å². The third-order valence-corrected chi connectivity index (χ3v) is 5.46. The van der Waals surface area contributed by atoms with Gasteiger partial charge in [0.25, 0.3) is 0 Å². The van der Waals surface area contributed by atoms with Crippen LogP contribution in [-0.4, -0.2) is 37.1 Å². The van der Waals surface area contributed by atoms with E-state index in [4.69, 9.17) is 14.2 Å². The number of aromatic nitrogens is 1. The summed E-state index contributed by atoms with van der Waals surface area (Å²) in [5.74, 6) is 0.934. The highest BCUT2D eigenvalue weighted by atomic mass is 16.5. The number of ether oxygens (including phenoxy) is 3. The number of hydrogen-bond donors (Lipinski definition) is 1. The molecule has 3 rings (SSSR count). The number of carbonyl (C=O) groups is 2. The highest BCUT2D eigenvalue weighted by Crippen LogP contribution is 2.38. The Kier molecular flexibility index (Phi) is 5.77. The number of ketones is 1. The Bertz CT molecular complexity index is 899. The molecule has 1 aliphatic rings. The van der Waals surface area contributed by atoms with Gasteiger partial charge in [-0.05, 0) is 55.9 Å². The van der Waals surface area contributed by atoms with Gasteiger partial charge in [-0.25, -0.2) is 4.79 Å². The van der Waals surface area contributed by atoms with Crippen molar-refractivity contribution in [3.05, 3.63) is 46.3 Å². The molecule has 2 atom stereocenters. The third kappa shape index (κ3) is 3.63. The highest BCUT2D eigenvalue weighted by Gasteiger charge is 2.32. The minimum atomic E-state index is -0.406. The van der Waals surface area contributed by atoms with Crippen molar-refractivity contribution in [2.45, 2.75) is 52.1 Å². The number of aromatic amines is 1. The molecular formula is C22H27NO5. The van der Waals surface area contributed by atoms with Crippen molar-refractivity contribution in [1.82, 2.24) is 4.98 Å². The molecule has 0 saturated heterocycles. The topological polar surface area (TPSA) is 77.6 Å². The van der Waals surface area contributed by atoms with Gasteiger partial charge in [-0.1, -0.05) is 13.0 Å². The summed E-state index contributed by atoms with van der Waals surface area (Å²) in [7, 11) is 3.19. The van der Waals surface area contributed by atoms with Crippen LogP contribution in [0.2, 0.25) is 0 Å². The van der Waals surface area contributed by atoms with Crippen LogP contribution in [0.15, 0.2) is 18.2 Å². The van der Waals surface area contributed by atoms with Crippen molar-refractivity contribution in [2.24, 2.45) is 0 Å². The quantitative estimate of drug-likeness (QED) is 0.754. The molecule has 6 heteroatoms. The Balaban J connectivity index is 1.90. The lowest BCUT2D eigenvalue weighted by molar-refractivity contribution is 0.0327. The molecule has 1 heterocycles. The number of hydrogen-bond acceptors (Lipinski definition) is 5. The smallest absolute Gasteiger partial charge is 0.355 e. The van der Waals surface area contributed by atoms with Crippen LogP contribution < -0.4 is 9.47 Å². The maximum atomic E-state index is 12.9. The summed E-state index contributed by atoms with van der Waals surface area (Å²) in [6.07, 6.45) is 1.61. The number of rotatable bonds is 6. The van der Waals surface area contributed by atoms with E-state index in [1.165, 1.54) is 0 Å². The number of nitrogens with one attached hydrogen (secondary N) is 1. The zero-order valence-corrected chi connectivity index (χ0v) is 17.0. The number of benzene rings is 1. The summed E-state index contributed by atoms with van der Waals surface area (Å²) in [4.78, 5) is 28.5. The third-order valence-electron chi connectivity index (χ3n) is 5.46. The molecule has 2 aromatic rings. The fraction of sp³-hybridized carbons (Fsp3) is 0.455. The molecule has 1 aromatic heterocycles. The first-order chi connectivity index (χ1) is 13.4. The Morgan fingerprint density at radius 2 is 1.93 bits per heavy atom. The summed E-state index contributed by atoms with van der Waals surface area (Å²) in [5, 5.41) is 0. The molecular weight excluding hydrogens is 358 g/mol. The molecule has 1 aliphatic carbocycles. The SMILES string of the molecule is CC[C@H](C)OC(=O)c1[nH]c2c(c1C)C(=O)C[C@H](c1ccc(OC)c(OC)c1)C2. The van der Waals surface area contributed by atoms with E-state index in [1.54, 1.807) is 21.1 Å². The van der Waals surface area contributed by atoms with Crippen LogP contribution in [0.4, 0.5) is 0 Å². The van der Waals surface area contributed by atoms with Gasteiger partial charge in [0.1, 0.15) is 5.69 Å². The van der Waals surface area contributed by atoms with E-state index in [2.05, 4.69) is 4.98 Å². The zero-order valence-electron chi connectivity index (χ0n) is 17.0. The fourth-order valence-corrected chi connectivity index (χ4v) is 3.70. The summed E-state index contributed by atoms with van der Waals surface area (Å²) in [6, 6.07) is 5.72. The van der Waals surface area contributed by atoms with E-state index in [0.29, 0.717) is 41.2 Å². The first kappa shape index (κ1) is 20.0. The summed E-state index contributed by atoms with van der Waals surface area (Å²) in [6.45, 7) is 5.62. The second kappa shape index (κ2) is 8.09. The van der Waals surface area contributed by atoms with Gasteiger partial charge in [-0.3, -0.25) is 4.79 Å². The standard InChI is InChI=1S/C22H27NO5/c1-6-12(2)28-22(25)21-13(3)20-16(23-21)9-15(10-17(20)24)14-7-8-18(26-4)19(11-14)27-5/h7-8,11-12,15,23H,6,9-10H2,1-5H3/t12-,15+/m0/s1. The molecule has 0 bridgehead atoms. The van der Waals surface area contributed by atoms with E-state index < -0.39 is 5.97 Å². The second-order valence-electron chi connectivity index (χ2n) is 7.25. The van der Waals surface area contributed by atoms with Crippen LogP contribution in [0.5, 0.6) is 11.5 Å². The number of carbonyl (C=O) groups excluding carboxylic acids is 2. The normalized spacial score (nSPS) is 17.0. The van der Waals surface area contributed by atoms with E-state index in [1.807, 2.05) is 32.0 Å². The number of esters is 1. The van der Waals surface area contributed by atoms with E-state index in [9.17, 15) is 9.59 Å². The zero-order chi connectivity index (χ0) is 20.4. The second-order valence-corrected chi connectivity index (χ2v) is 7.25. The maximum Gasteiger partial charge on any atom is 0.355 e. The van der Waals surface area contributed by atoms with Crippen molar-refractivity contribution >= 4 is 11.8 Å². The number of fused-ring (bicyclic) bond motifs is 1. The highest BCUT2D eigenvalue weighted by molar-refractivity contribution is 6.03. The molecule has 6 nitrogen and oxygen atoms in total. The molecule has 28 heavy (non-hydrogen) atoms. The number of methoxy groups -OCH3 is 2. The lowest BCUT2D eigenvalue weighted by Gasteiger charge is -2.23. The van der Waals surface area contributed by atoms with E-state index in [0.717, 1.165) is 17.7 Å². The fourth-order valence-electron chi connectivity index (χ4n) is 3.70. The molecule has 1 N–H and O–H groups in total. The van der Waals surface area contributed by atoms with E-state index >= 15 is 0 Å². The lowest BCUT2D eigenvalue weighted by atomic mass is 9.81. The Morgan fingerprint density at radius 3 is 2.57 bits per heavy atom. The monoisotopic (exact) mass is 385 g/mol. The minimum absolute atomic E-state index is 0.0105. The summed E-state index contributed by atoms with van der Waals surface area (Å²) >= 11 is 0. The Morgan fingerprint density at radius 1 is 1.21 bits per heavy atom. The van der Waals surface area contributed by atoms with Gasteiger partial charge in [0.05, 0.1) is 20.3 Å². The summed E-state index contributed by atoms with van der Waals surface area (Å²) < 4.78 is 16.1. The van der Waals surface area contributed by atoms with Crippen molar-refractivity contribution in [1.29, 1.82) is 0 Å². The van der Waals surface area contributed by atoms with Crippen molar-refractivity contribution in [3.63, 3.8) is 0 Å². The Hall–Kier alpha value is -2.76. The van der Waals surface area contributed by atoms with Crippen molar-refractivity contribution in [2.75, 3.05) is 14.2 Å². The van der Waals surface area contributed by atoms with Gasteiger partial charge in [-0.2, -0.15) is 0 Å². The van der Waals surface area contributed by atoms with Gasteiger partial charge in [0.2, 0.25) is 0 Å². The molecule has 0 saturated carbocycles. The van der Waals surface area contributed by atoms with Crippen LogP contribution in [0, 0.1) is 6.92 Å². The lowest BCUT2D eigenvalue weighted by Crippen LogP contribution is -2.18. The van der Waals surface area contributed by atoms with Gasteiger partial charge in [-0.15, -0.1) is 0 Å². The van der Waals surface area contributed by atoms with Crippen molar-refractivity contribution in [3.8, 4) is 11.5 Å². The first-order valence-electron chi connectivity index (χ1n) is 9.57. The van der Waals surface area contributed by atoms with Crippen molar-refractivity contribution < 1.29 is 23.8 Å². The van der Waals surface area contributed by atoms with Crippen LogP contribution in [0.25, 0.3) is 0 Å². The Labute approximate surface area is 165 Å². The maximum absolute atomic E-state index is 12.9. The number of H-pyrrole nitrogens is 1. The largest absolute Gasteiger partial charge is 0.493 e. The molecule has 0 radical (unpaired) electrons. The van der Waals surface area contributed by atoms with Gasteiger partial charge in [0, 0.05) is 17.7 Å². The average molecular weight is 385 g/mol. The molecule has 0 aliphatic heterocycles. The average Bonchev–Trinajstić information content (AvgIpc) is 3.04. The molecule has 150 valence electrons. The van der Waals surface area contributed by atoms with Crippen LogP contribution in [0.1, 0.15) is 70.3 Å². The molecule has 0 fully saturated rings. The predicted octanol–water partition coefficient (Wildman–Crippen LogP) is 4.21. The van der Waals surface area contributed by atoms with Crippen LogP contribution in [-0.2, 0) is 11.2 Å². The van der Waals surface area contributed by atoms with Gasteiger partial charge in [0.15, 0.2) is 17.3 Å². The van der Waals surface area contributed by atoms with E-state index in [-0.39, 0.29) is 17.8 Å².